The van der Waals surface area contributed by atoms with E-state index in [9.17, 15) is 5.26 Å². The molecule has 3 nitrogen and oxygen atoms in total. The van der Waals surface area contributed by atoms with Gasteiger partial charge in [0.25, 0.3) is 0 Å². The number of nitriles is 1. The second-order valence-electron chi connectivity index (χ2n) is 6.46. The first-order chi connectivity index (χ1) is 9.38. The van der Waals surface area contributed by atoms with Crippen molar-refractivity contribution in [2.45, 2.75) is 50.3 Å². The summed E-state index contributed by atoms with van der Waals surface area (Å²) in [6.07, 6.45) is 3.97. The van der Waals surface area contributed by atoms with E-state index in [1.165, 1.54) is 10.7 Å². The van der Waals surface area contributed by atoms with Crippen molar-refractivity contribution >= 4 is 23.1 Å². The minimum Gasteiger partial charge on any atom is -0.296 e. The zero-order valence-corrected chi connectivity index (χ0v) is 14.4. The van der Waals surface area contributed by atoms with Gasteiger partial charge >= 0.3 is 0 Å². The molecule has 0 bridgehead atoms. The number of aromatic nitrogens is 1. The summed E-state index contributed by atoms with van der Waals surface area (Å²) in [5.41, 5.74) is 1.32. The van der Waals surface area contributed by atoms with Crippen LogP contribution in [0.4, 0.5) is 0 Å². The van der Waals surface area contributed by atoms with Gasteiger partial charge in [-0.1, -0.05) is 20.8 Å². The molecule has 110 valence electrons. The number of hydrogen-bond acceptors (Lipinski definition) is 5. The van der Waals surface area contributed by atoms with Gasteiger partial charge in [0.15, 0.2) is 0 Å². The molecule has 0 N–H and O–H groups in total. The molecule has 1 aliphatic rings. The van der Waals surface area contributed by atoms with Gasteiger partial charge in [0.1, 0.15) is 9.75 Å². The number of thioether (sulfide) groups is 1. The SMILES string of the molecule is CSC1(C#N)CCN(Cc2nc(C(C)(C)C)cs2)CC1. The van der Waals surface area contributed by atoms with Gasteiger partial charge in [0, 0.05) is 23.9 Å². The van der Waals surface area contributed by atoms with Crippen LogP contribution in [0.15, 0.2) is 5.38 Å². The van der Waals surface area contributed by atoms with Crippen molar-refractivity contribution in [3.63, 3.8) is 0 Å². The number of nitrogens with zero attached hydrogens (tertiary/aromatic N) is 3. The van der Waals surface area contributed by atoms with Gasteiger partial charge in [-0.3, -0.25) is 4.90 Å². The van der Waals surface area contributed by atoms with Crippen LogP contribution < -0.4 is 0 Å². The van der Waals surface area contributed by atoms with Crippen LogP contribution in [-0.4, -0.2) is 34.0 Å². The van der Waals surface area contributed by atoms with Crippen molar-refractivity contribution in [2.75, 3.05) is 19.3 Å². The maximum atomic E-state index is 9.31. The van der Waals surface area contributed by atoms with E-state index in [-0.39, 0.29) is 10.2 Å². The minimum absolute atomic E-state index is 0.130. The molecule has 20 heavy (non-hydrogen) atoms. The first kappa shape index (κ1) is 15.8. The lowest BCUT2D eigenvalue weighted by molar-refractivity contribution is 0.209. The third kappa shape index (κ3) is 3.55. The van der Waals surface area contributed by atoms with Crippen molar-refractivity contribution in [2.24, 2.45) is 0 Å². The van der Waals surface area contributed by atoms with Gasteiger partial charge in [-0.25, -0.2) is 4.98 Å². The molecular weight excluding hydrogens is 286 g/mol. The van der Waals surface area contributed by atoms with E-state index in [1.54, 1.807) is 23.1 Å². The summed E-state index contributed by atoms with van der Waals surface area (Å²) in [5.74, 6) is 0. The van der Waals surface area contributed by atoms with Crippen molar-refractivity contribution < 1.29 is 0 Å². The fourth-order valence-electron chi connectivity index (χ4n) is 2.35. The Morgan fingerprint density at radius 1 is 1.45 bits per heavy atom. The molecule has 1 aliphatic heterocycles. The van der Waals surface area contributed by atoms with Crippen molar-refractivity contribution in [1.29, 1.82) is 5.26 Å². The third-order valence-corrected chi connectivity index (χ3v) is 6.05. The van der Waals surface area contributed by atoms with Crippen LogP contribution >= 0.6 is 23.1 Å². The molecule has 2 heterocycles. The molecule has 1 aromatic rings. The molecule has 1 saturated heterocycles. The second kappa shape index (κ2) is 6.05. The normalized spacial score (nSPS) is 19.8. The highest BCUT2D eigenvalue weighted by molar-refractivity contribution is 8.00. The minimum atomic E-state index is -0.157. The lowest BCUT2D eigenvalue weighted by Gasteiger charge is -2.35. The van der Waals surface area contributed by atoms with E-state index in [2.05, 4.69) is 43.4 Å². The van der Waals surface area contributed by atoms with Gasteiger partial charge in [0.05, 0.1) is 18.3 Å². The molecule has 2 rings (SSSR count). The van der Waals surface area contributed by atoms with Crippen molar-refractivity contribution in [1.82, 2.24) is 9.88 Å². The zero-order chi connectivity index (χ0) is 14.8. The average Bonchev–Trinajstić information content (AvgIpc) is 2.89. The Hall–Kier alpha value is -0.570. The van der Waals surface area contributed by atoms with Crippen LogP contribution in [-0.2, 0) is 12.0 Å². The topological polar surface area (TPSA) is 39.9 Å². The summed E-state index contributed by atoms with van der Waals surface area (Å²) < 4.78 is -0.157. The van der Waals surface area contributed by atoms with Crippen LogP contribution in [0.5, 0.6) is 0 Å². The van der Waals surface area contributed by atoms with Crippen LogP contribution in [0.1, 0.15) is 44.3 Å². The third-order valence-electron chi connectivity index (χ3n) is 3.94. The molecule has 0 saturated carbocycles. The van der Waals surface area contributed by atoms with E-state index in [0.717, 1.165) is 32.5 Å². The van der Waals surface area contributed by atoms with E-state index < -0.39 is 0 Å². The largest absolute Gasteiger partial charge is 0.296 e. The summed E-state index contributed by atoms with van der Waals surface area (Å²) in [7, 11) is 0. The highest BCUT2D eigenvalue weighted by atomic mass is 32.2. The number of rotatable bonds is 3. The quantitative estimate of drug-likeness (QED) is 0.854. The predicted octanol–water partition coefficient (Wildman–Crippen LogP) is 3.66. The Bertz CT molecular complexity index is 488. The van der Waals surface area contributed by atoms with Gasteiger partial charge in [-0.05, 0) is 19.1 Å². The molecule has 1 aromatic heterocycles. The Balaban J connectivity index is 1.93. The van der Waals surface area contributed by atoms with Crippen LogP contribution in [0, 0.1) is 11.3 Å². The molecule has 0 aromatic carbocycles. The number of hydrogen-bond donors (Lipinski definition) is 0. The summed E-state index contributed by atoms with van der Waals surface area (Å²) >= 11 is 3.47. The standard InChI is InChI=1S/C15H23N3S2/c1-14(2,3)12-10-20-13(17-12)9-18-7-5-15(11-16,19-4)6-8-18/h10H,5-9H2,1-4H3. The summed E-state index contributed by atoms with van der Waals surface area (Å²) in [6.45, 7) is 9.53. The Morgan fingerprint density at radius 3 is 2.55 bits per heavy atom. The molecule has 0 atom stereocenters. The molecule has 5 heteroatoms. The lowest BCUT2D eigenvalue weighted by Crippen LogP contribution is -2.41. The summed E-state index contributed by atoms with van der Waals surface area (Å²) in [4.78, 5) is 7.19. The van der Waals surface area contributed by atoms with Crippen molar-refractivity contribution in [3.8, 4) is 6.07 Å². The maximum absolute atomic E-state index is 9.31. The second-order valence-corrected chi connectivity index (χ2v) is 8.60. The number of likely N-dealkylation sites (tertiary alicyclic amines) is 1. The average molecular weight is 310 g/mol. The Kier molecular flexibility index (Phi) is 4.78. The summed E-state index contributed by atoms with van der Waals surface area (Å²) in [5, 5.41) is 12.7. The fourth-order valence-corrected chi connectivity index (χ4v) is 4.10. The zero-order valence-electron chi connectivity index (χ0n) is 12.8. The van der Waals surface area contributed by atoms with E-state index in [0.29, 0.717) is 0 Å². The predicted molar refractivity (Wildman–Crippen MR) is 87.2 cm³/mol. The maximum Gasteiger partial charge on any atom is 0.107 e. The lowest BCUT2D eigenvalue weighted by atomic mass is 9.93. The molecule has 0 spiro atoms. The smallest absolute Gasteiger partial charge is 0.107 e. The fraction of sp³-hybridized carbons (Fsp3) is 0.733. The highest BCUT2D eigenvalue weighted by Gasteiger charge is 2.34. The first-order valence-electron chi connectivity index (χ1n) is 7.02. The van der Waals surface area contributed by atoms with Crippen LogP contribution in [0.2, 0.25) is 0 Å². The highest BCUT2D eigenvalue weighted by Crippen LogP contribution is 2.34. The molecule has 0 unspecified atom stereocenters. The Morgan fingerprint density at radius 2 is 2.10 bits per heavy atom. The van der Waals surface area contributed by atoms with E-state index in [1.807, 2.05) is 0 Å². The summed E-state index contributed by atoms with van der Waals surface area (Å²) in [6, 6.07) is 2.50. The number of piperidine rings is 1. The molecule has 0 aliphatic carbocycles. The number of thiazole rings is 1. The van der Waals surface area contributed by atoms with Gasteiger partial charge < -0.3 is 0 Å². The van der Waals surface area contributed by atoms with E-state index >= 15 is 0 Å². The Labute approximate surface area is 130 Å². The molecule has 1 fully saturated rings. The van der Waals surface area contributed by atoms with Gasteiger partial charge in [-0.2, -0.15) is 5.26 Å². The molecular formula is C15H23N3S2. The van der Waals surface area contributed by atoms with E-state index in [4.69, 9.17) is 4.98 Å². The van der Waals surface area contributed by atoms with Gasteiger partial charge in [-0.15, -0.1) is 23.1 Å². The van der Waals surface area contributed by atoms with Gasteiger partial charge in [0.2, 0.25) is 0 Å². The molecule has 0 radical (unpaired) electrons. The molecule has 0 amide bonds. The van der Waals surface area contributed by atoms with Crippen LogP contribution in [0.3, 0.4) is 0 Å². The van der Waals surface area contributed by atoms with Crippen molar-refractivity contribution in [3.05, 3.63) is 16.1 Å². The monoisotopic (exact) mass is 309 g/mol. The van der Waals surface area contributed by atoms with Crippen LogP contribution in [0.25, 0.3) is 0 Å². The first-order valence-corrected chi connectivity index (χ1v) is 9.13.